The van der Waals surface area contributed by atoms with E-state index in [1.165, 1.54) is 24.1 Å². The Kier molecular flexibility index (Phi) is 3.94. The summed E-state index contributed by atoms with van der Waals surface area (Å²) in [6, 6.07) is 14.9. The summed E-state index contributed by atoms with van der Waals surface area (Å²) in [5, 5.41) is 4.12. The lowest BCUT2D eigenvalue weighted by atomic mass is 10.1. The zero-order chi connectivity index (χ0) is 15.5. The Morgan fingerprint density at radius 3 is 2.91 bits per heavy atom. The first kappa shape index (κ1) is 14.2. The van der Waals surface area contributed by atoms with Crippen molar-refractivity contribution in [1.29, 1.82) is 0 Å². The third-order valence-electron chi connectivity index (χ3n) is 4.40. The molecule has 1 aliphatic rings. The molecule has 23 heavy (non-hydrogen) atoms. The molecule has 2 aromatic heterocycles. The summed E-state index contributed by atoms with van der Waals surface area (Å²) < 4.78 is 5.45. The highest BCUT2D eigenvalue weighted by molar-refractivity contribution is 5.18. The second-order valence-electron chi connectivity index (χ2n) is 6.02. The molecule has 0 spiro atoms. The molecule has 5 nitrogen and oxygen atoms in total. The van der Waals surface area contributed by atoms with Crippen molar-refractivity contribution in [2.45, 2.75) is 31.8 Å². The van der Waals surface area contributed by atoms with Crippen molar-refractivity contribution in [2.75, 3.05) is 6.54 Å². The molecule has 118 valence electrons. The summed E-state index contributed by atoms with van der Waals surface area (Å²) >= 11 is 0. The molecule has 5 heteroatoms. The molecular formula is C18H20N4O. The van der Waals surface area contributed by atoms with Crippen LogP contribution >= 0.6 is 0 Å². The van der Waals surface area contributed by atoms with Gasteiger partial charge in [-0.2, -0.15) is 4.98 Å². The molecule has 4 rings (SSSR count). The third-order valence-corrected chi connectivity index (χ3v) is 4.40. The average molecular weight is 308 g/mol. The van der Waals surface area contributed by atoms with E-state index in [0.717, 1.165) is 12.4 Å². The van der Waals surface area contributed by atoms with Crippen LogP contribution in [0, 0.1) is 0 Å². The Bertz CT molecular complexity index is 735. The summed E-state index contributed by atoms with van der Waals surface area (Å²) in [6.45, 7) is 1.78. The Morgan fingerprint density at radius 1 is 1.17 bits per heavy atom. The van der Waals surface area contributed by atoms with Gasteiger partial charge in [-0.15, -0.1) is 0 Å². The molecule has 1 saturated heterocycles. The minimum absolute atomic E-state index is 0.425. The maximum Gasteiger partial charge on any atom is 0.240 e. The quantitative estimate of drug-likeness (QED) is 0.785. The standard InChI is InChI=1S/C18H20N4O/c1-2-6-14(7-3-1)12-17-20-18(23-21-17)13-22-11-5-9-16(22)15-8-4-10-19-15/h1-4,6-8,10,16,19H,5,9,11-13H2/t16-/m0/s1. The molecule has 1 aromatic carbocycles. The molecule has 0 unspecified atom stereocenters. The highest BCUT2D eigenvalue weighted by atomic mass is 16.5. The Labute approximate surface area is 135 Å². The fourth-order valence-corrected chi connectivity index (χ4v) is 3.30. The lowest BCUT2D eigenvalue weighted by molar-refractivity contribution is 0.210. The Hall–Kier alpha value is -2.40. The van der Waals surface area contributed by atoms with Crippen LogP contribution in [0.25, 0.3) is 0 Å². The number of aromatic amines is 1. The van der Waals surface area contributed by atoms with Gasteiger partial charge in [0.25, 0.3) is 0 Å². The van der Waals surface area contributed by atoms with E-state index in [4.69, 9.17) is 4.52 Å². The van der Waals surface area contributed by atoms with Gasteiger partial charge >= 0.3 is 0 Å². The SMILES string of the molecule is c1ccc(Cc2noc(CN3CCC[C@H]3c3ccc[nH]3)n2)cc1. The predicted octanol–water partition coefficient (Wildman–Crippen LogP) is 3.33. The second kappa shape index (κ2) is 6.38. The van der Waals surface area contributed by atoms with Crippen LogP contribution in [0.15, 0.2) is 53.2 Å². The van der Waals surface area contributed by atoms with E-state index >= 15 is 0 Å². The van der Waals surface area contributed by atoms with Crippen molar-refractivity contribution >= 4 is 0 Å². The largest absolute Gasteiger partial charge is 0.364 e. The Balaban J connectivity index is 1.43. The van der Waals surface area contributed by atoms with Gasteiger partial charge in [-0.25, -0.2) is 0 Å². The van der Waals surface area contributed by atoms with Crippen molar-refractivity contribution in [1.82, 2.24) is 20.0 Å². The van der Waals surface area contributed by atoms with Gasteiger partial charge in [0.15, 0.2) is 5.82 Å². The van der Waals surface area contributed by atoms with Crippen LogP contribution in [0.3, 0.4) is 0 Å². The van der Waals surface area contributed by atoms with E-state index in [1.807, 2.05) is 24.4 Å². The zero-order valence-electron chi connectivity index (χ0n) is 13.0. The minimum Gasteiger partial charge on any atom is -0.364 e. The van der Waals surface area contributed by atoms with Crippen molar-refractivity contribution in [2.24, 2.45) is 0 Å². The monoisotopic (exact) mass is 308 g/mol. The topological polar surface area (TPSA) is 58.0 Å². The highest BCUT2D eigenvalue weighted by Gasteiger charge is 2.28. The number of H-pyrrole nitrogens is 1. The van der Waals surface area contributed by atoms with Gasteiger partial charge in [0.05, 0.1) is 12.6 Å². The van der Waals surface area contributed by atoms with Crippen LogP contribution in [0.1, 0.15) is 41.9 Å². The molecule has 1 N–H and O–H groups in total. The zero-order valence-corrected chi connectivity index (χ0v) is 13.0. The fourth-order valence-electron chi connectivity index (χ4n) is 3.30. The molecular weight excluding hydrogens is 288 g/mol. The molecule has 0 saturated carbocycles. The smallest absolute Gasteiger partial charge is 0.240 e. The molecule has 1 aliphatic heterocycles. The van der Waals surface area contributed by atoms with Gasteiger partial charge in [0, 0.05) is 18.3 Å². The number of likely N-dealkylation sites (tertiary alicyclic amines) is 1. The van der Waals surface area contributed by atoms with E-state index in [1.54, 1.807) is 0 Å². The predicted molar refractivity (Wildman–Crippen MR) is 86.7 cm³/mol. The Morgan fingerprint density at radius 2 is 2.09 bits per heavy atom. The van der Waals surface area contributed by atoms with Crippen molar-refractivity contribution in [3.63, 3.8) is 0 Å². The van der Waals surface area contributed by atoms with Crippen LogP contribution in [0.2, 0.25) is 0 Å². The van der Waals surface area contributed by atoms with Gasteiger partial charge in [0.1, 0.15) is 0 Å². The van der Waals surface area contributed by atoms with Gasteiger partial charge in [-0.3, -0.25) is 4.90 Å². The number of benzene rings is 1. The molecule has 1 atom stereocenters. The van der Waals surface area contributed by atoms with Gasteiger partial charge in [-0.1, -0.05) is 35.5 Å². The lowest BCUT2D eigenvalue weighted by Crippen LogP contribution is -2.23. The van der Waals surface area contributed by atoms with Gasteiger partial charge < -0.3 is 9.51 Å². The number of rotatable bonds is 5. The summed E-state index contributed by atoms with van der Waals surface area (Å²) in [6.07, 6.45) is 5.07. The first-order valence-electron chi connectivity index (χ1n) is 8.11. The number of hydrogen-bond acceptors (Lipinski definition) is 4. The van der Waals surface area contributed by atoms with E-state index in [9.17, 15) is 0 Å². The van der Waals surface area contributed by atoms with Crippen molar-refractivity contribution in [3.8, 4) is 0 Å². The van der Waals surface area contributed by atoms with Gasteiger partial charge in [0.2, 0.25) is 5.89 Å². The molecule has 0 radical (unpaired) electrons. The normalized spacial score (nSPS) is 18.5. The summed E-state index contributed by atoms with van der Waals surface area (Å²) in [4.78, 5) is 10.3. The van der Waals surface area contributed by atoms with Crippen LogP contribution < -0.4 is 0 Å². The van der Waals surface area contributed by atoms with E-state index < -0.39 is 0 Å². The van der Waals surface area contributed by atoms with E-state index in [0.29, 0.717) is 24.9 Å². The highest BCUT2D eigenvalue weighted by Crippen LogP contribution is 2.31. The number of aromatic nitrogens is 3. The molecule has 0 aliphatic carbocycles. The van der Waals surface area contributed by atoms with E-state index in [2.05, 4.69) is 44.3 Å². The molecule has 1 fully saturated rings. The minimum atomic E-state index is 0.425. The first-order chi connectivity index (χ1) is 11.4. The summed E-state index contributed by atoms with van der Waals surface area (Å²) in [7, 11) is 0. The average Bonchev–Trinajstić information content (AvgIpc) is 3.30. The van der Waals surface area contributed by atoms with Crippen LogP contribution in [-0.2, 0) is 13.0 Å². The van der Waals surface area contributed by atoms with Crippen LogP contribution in [0.5, 0.6) is 0 Å². The number of nitrogens with one attached hydrogen (secondary N) is 1. The van der Waals surface area contributed by atoms with Crippen molar-refractivity contribution < 1.29 is 4.52 Å². The van der Waals surface area contributed by atoms with Crippen LogP contribution in [-0.4, -0.2) is 26.6 Å². The fraction of sp³-hybridized carbons (Fsp3) is 0.333. The lowest BCUT2D eigenvalue weighted by Gasteiger charge is -2.21. The van der Waals surface area contributed by atoms with Crippen molar-refractivity contribution in [3.05, 3.63) is 71.6 Å². The third kappa shape index (κ3) is 3.19. The van der Waals surface area contributed by atoms with Crippen LogP contribution in [0.4, 0.5) is 0 Å². The first-order valence-corrected chi connectivity index (χ1v) is 8.11. The molecule has 3 aromatic rings. The molecule has 0 bridgehead atoms. The van der Waals surface area contributed by atoms with E-state index in [-0.39, 0.29) is 0 Å². The second-order valence-corrected chi connectivity index (χ2v) is 6.02. The van der Waals surface area contributed by atoms with Gasteiger partial charge in [-0.05, 0) is 37.1 Å². The molecule has 3 heterocycles. The molecule has 0 amide bonds. The summed E-state index contributed by atoms with van der Waals surface area (Å²) in [5.74, 6) is 1.45. The number of nitrogens with zero attached hydrogens (tertiary/aromatic N) is 3. The maximum absolute atomic E-state index is 5.45. The summed E-state index contributed by atoms with van der Waals surface area (Å²) in [5.41, 5.74) is 2.47. The maximum atomic E-state index is 5.45. The number of hydrogen-bond donors (Lipinski definition) is 1.